The van der Waals surface area contributed by atoms with E-state index in [1.807, 2.05) is 13.8 Å². The lowest BCUT2D eigenvalue weighted by atomic mass is 9.95. The minimum absolute atomic E-state index is 0.127. The van der Waals surface area contributed by atoms with Gasteiger partial charge < -0.3 is 15.2 Å². The number of carbonyl (C=O) groups is 1. The number of ether oxygens (including phenoxy) is 1. The van der Waals surface area contributed by atoms with Crippen molar-refractivity contribution < 1.29 is 14.6 Å². The third kappa shape index (κ3) is 3.41. The molecule has 0 saturated carbocycles. The number of phenols is 1. The van der Waals surface area contributed by atoms with Crippen LogP contribution in [0.25, 0.3) is 0 Å². The Kier molecular flexibility index (Phi) is 5.66. The first-order valence-electron chi connectivity index (χ1n) is 6.28. The molecule has 0 aromatic heterocycles. The number of para-hydroxylation sites is 1. The molecule has 1 aromatic carbocycles. The number of methoxy groups -OCH3 is 1. The number of nitrogens with one attached hydrogen (secondary N) is 1. The predicted octanol–water partition coefficient (Wildman–Crippen LogP) is 3.08. The Hall–Kier alpha value is -1.23. The molecule has 1 amide bonds. The largest absolute Gasteiger partial charge is 0.504 e. The van der Waals surface area contributed by atoms with Gasteiger partial charge in [-0.2, -0.15) is 0 Å². The standard InChI is InChI=1S/C14H20BrNO3/c1-4-14(5-2,9-15)16-13(18)10-7-6-8-11(19-3)12(10)17/h6-8,17H,4-5,9H2,1-3H3,(H,16,18). The van der Waals surface area contributed by atoms with Crippen molar-refractivity contribution in [2.75, 3.05) is 12.4 Å². The van der Waals surface area contributed by atoms with E-state index in [9.17, 15) is 9.90 Å². The molecule has 0 unspecified atom stereocenters. The summed E-state index contributed by atoms with van der Waals surface area (Å²) in [5, 5.41) is 13.6. The van der Waals surface area contributed by atoms with Crippen LogP contribution in [0.1, 0.15) is 37.0 Å². The summed E-state index contributed by atoms with van der Waals surface area (Å²) < 4.78 is 5.01. The molecule has 1 aromatic rings. The summed E-state index contributed by atoms with van der Waals surface area (Å²) in [6, 6.07) is 4.88. The first-order chi connectivity index (χ1) is 9.03. The number of aromatic hydroxyl groups is 1. The Balaban J connectivity index is 3.01. The lowest BCUT2D eigenvalue weighted by Crippen LogP contribution is -2.49. The third-order valence-electron chi connectivity index (χ3n) is 3.45. The number of alkyl halides is 1. The molecule has 0 fully saturated rings. The molecule has 4 nitrogen and oxygen atoms in total. The smallest absolute Gasteiger partial charge is 0.255 e. The number of benzene rings is 1. The van der Waals surface area contributed by atoms with Crippen molar-refractivity contribution in [3.63, 3.8) is 0 Å². The average Bonchev–Trinajstić information content (AvgIpc) is 2.45. The molecule has 0 bridgehead atoms. The van der Waals surface area contributed by atoms with E-state index in [1.165, 1.54) is 7.11 Å². The number of hydrogen-bond donors (Lipinski definition) is 2. The van der Waals surface area contributed by atoms with Gasteiger partial charge in [0.05, 0.1) is 12.7 Å². The van der Waals surface area contributed by atoms with Gasteiger partial charge in [0.1, 0.15) is 0 Å². The van der Waals surface area contributed by atoms with E-state index in [-0.39, 0.29) is 22.8 Å². The van der Waals surface area contributed by atoms with Gasteiger partial charge in [-0.3, -0.25) is 4.79 Å². The van der Waals surface area contributed by atoms with Crippen LogP contribution < -0.4 is 10.1 Å². The molecule has 106 valence electrons. The number of hydrogen-bond acceptors (Lipinski definition) is 3. The zero-order valence-corrected chi connectivity index (χ0v) is 13.1. The molecule has 1 rings (SSSR count). The first-order valence-corrected chi connectivity index (χ1v) is 7.40. The zero-order chi connectivity index (χ0) is 14.5. The van der Waals surface area contributed by atoms with Crippen LogP contribution >= 0.6 is 15.9 Å². The Morgan fingerprint density at radius 2 is 2.05 bits per heavy atom. The molecule has 0 saturated heterocycles. The summed E-state index contributed by atoms with van der Waals surface area (Å²) in [7, 11) is 1.46. The van der Waals surface area contributed by atoms with E-state index in [2.05, 4.69) is 21.2 Å². The van der Waals surface area contributed by atoms with Crippen molar-refractivity contribution in [1.82, 2.24) is 5.32 Å². The highest BCUT2D eigenvalue weighted by Crippen LogP contribution is 2.30. The summed E-state index contributed by atoms with van der Waals surface area (Å²) in [6.07, 6.45) is 1.62. The molecule has 0 atom stereocenters. The molecular weight excluding hydrogens is 310 g/mol. The van der Waals surface area contributed by atoms with Gasteiger partial charge in [0.25, 0.3) is 5.91 Å². The highest BCUT2D eigenvalue weighted by atomic mass is 79.9. The summed E-state index contributed by atoms with van der Waals surface area (Å²) in [6.45, 7) is 4.05. The van der Waals surface area contributed by atoms with Crippen LogP contribution in [0.3, 0.4) is 0 Å². The molecule has 19 heavy (non-hydrogen) atoms. The Morgan fingerprint density at radius 1 is 1.42 bits per heavy atom. The van der Waals surface area contributed by atoms with Gasteiger partial charge in [-0.25, -0.2) is 0 Å². The minimum Gasteiger partial charge on any atom is -0.504 e. The van der Waals surface area contributed by atoms with Crippen molar-refractivity contribution >= 4 is 21.8 Å². The topological polar surface area (TPSA) is 58.6 Å². The molecular formula is C14H20BrNO3. The zero-order valence-electron chi connectivity index (χ0n) is 11.5. The lowest BCUT2D eigenvalue weighted by molar-refractivity contribution is 0.0900. The highest BCUT2D eigenvalue weighted by Gasteiger charge is 2.28. The van der Waals surface area contributed by atoms with Crippen molar-refractivity contribution in [2.24, 2.45) is 0 Å². The maximum absolute atomic E-state index is 12.3. The normalized spacial score (nSPS) is 11.2. The van der Waals surface area contributed by atoms with Gasteiger partial charge in [-0.15, -0.1) is 0 Å². The Morgan fingerprint density at radius 3 is 2.53 bits per heavy atom. The summed E-state index contributed by atoms with van der Waals surface area (Å²) in [5.41, 5.74) is -0.0707. The van der Waals surface area contributed by atoms with E-state index in [0.29, 0.717) is 11.1 Å². The van der Waals surface area contributed by atoms with E-state index >= 15 is 0 Å². The average molecular weight is 330 g/mol. The van der Waals surface area contributed by atoms with Gasteiger partial charge in [0.15, 0.2) is 11.5 Å². The molecule has 0 aliphatic heterocycles. The first kappa shape index (κ1) is 15.8. The maximum atomic E-state index is 12.3. The van der Waals surface area contributed by atoms with Gasteiger partial charge >= 0.3 is 0 Å². The number of amides is 1. The summed E-state index contributed by atoms with van der Waals surface area (Å²) >= 11 is 3.44. The Bertz CT molecular complexity index is 436. The molecule has 0 aliphatic rings. The third-order valence-corrected chi connectivity index (χ3v) is 4.52. The molecule has 0 heterocycles. The van der Waals surface area contributed by atoms with Crippen LogP contribution in [0.15, 0.2) is 18.2 Å². The van der Waals surface area contributed by atoms with E-state index in [4.69, 9.17) is 4.74 Å². The Labute approximate surface area is 122 Å². The molecule has 0 spiro atoms. The van der Waals surface area contributed by atoms with Gasteiger partial charge in [-0.1, -0.05) is 35.8 Å². The number of carbonyl (C=O) groups excluding carboxylic acids is 1. The fourth-order valence-electron chi connectivity index (χ4n) is 1.83. The number of rotatable bonds is 6. The fourth-order valence-corrected chi connectivity index (χ4v) is 2.76. The van der Waals surface area contributed by atoms with Crippen molar-refractivity contribution in [3.8, 4) is 11.5 Å². The quantitative estimate of drug-likeness (QED) is 0.788. The van der Waals surface area contributed by atoms with Gasteiger partial charge in [-0.05, 0) is 25.0 Å². The van der Waals surface area contributed by atoms with Crippen LogP contribution in [0.5, 0.6) is 11.5 Å². The van der Waals surface area contributed by atoms with Crippen LogP contribution in [0.2, 0.25) is 0 Å². The lowest BCUT2D eigenvalue weighted by Gasteiger charge is -2.31. The van der Waals surface area contributed by atoms with Crippen molar-refractivity contribution in [3.05, 3.63) is 23.8 Å². The van der Waals surface area contributed by atoms with Crippen molar-refractivity contribution in [2.45, 2.75) is 32.2 Å². The second-order valence-corrected chi connectivity index (χ2v) is 4.99. The summed E-state index contributed by atoms with van der Waals surface area (Å²) in [4.78, 5) is 12.3. The molecule has 5 heteroatoms. The fraction of sp³-hybridized carbons (Fsp3) is 0.500. The minimum atomic E-state index is -0.299. The number of phenolic OH excluding ortho intramolecular Hbond substituents is 1. The maximum Gasteiger partial charge on any atom is 0.255 e. The van der Waals surface area contributed by atoms with Gasteiger partial charge in [0, 0.05) is 10.9 Å². The predicted molar refractivity (Wildman–Crippen MR) is 79.2 cm³/mol. The second kappa shape index (κ2) is 6.80. The highest BCUT2D eigenvalue weighted by molar-refractivity contribution is 9.09. The van der Waals surface area contributed by atoms with Crippen LogP contribution in [-0.2, 0) is 0 Å². The monoisotopic (exact) mass is 329 g/mol. The number of halogens is 1. The SMILES string of the molecule is CCC(CC)(CBr)NC(=O)c1cccc(OC)c1O. The van der Waals surface area contributed by atoms with E-state index in [1.54, 1.807) is 18.2 Å². The van der Waals surface area contributed by atoms with Crippen LogP contribution in [-0.4, -0.2) is 29.0 Å². The van der Waals surface area contributed by atoms with E-state index < -0.39 is 0 Å². The summed E-state index contributed by atoms with van der Waals surface area (Å²) in [5.74, 6) is -0.122. The van der Waals surface area contributed by atoms with E-state index in [0.717, 1.165) is 12.8 Å². The van der Waals surface area contributed by atoms with Gasteiger partial charge in [0.2, 0.25) is 0 Å². The second-order valence-electron chi connectivity index (χ2n) is 4.43. The molecule has 2 N–H and O–H groups in total. The molecule has 0 radical (unpaired) electrons. The van der Waals surface area contributed by atoms with Crippen LogP contribution in [0.4, 0.5) is 0 Å². The molecule has 0 aliphatic carbocycles. The van der Waals surface area contributed by atoms with Crippen molar-refractivity contribution in [1.29, 1.82) is 0 Å². The van der Waals surface area contributed by atoms with Crippen LogP contribution in [0, 0.1) is 0 Å².